The Morgan fingerprint density at radius 2 is 0.841 bits per heavy atom. The average molecular weight is 747 g/mol. The second-order valence-electron chi connectivity index (χ2n) is 8.94. The van der Waals surface area contributed by atoms with Crippen molar-refractivity contribution in [2.45, 2.75) is 71.4 Å². The van der Waals surface area contributed by atoms with Gasteiger partial charge in [0.25, 0.3) is 0 Å². The molecule has 4 rings (SSSR count). The lowest BCUT2D eigenvalue weighted by molar-refractivity contribution is -0.109. The van der Waals surface area contributed by atoms with Gasteiger partial charge in [0.15, 0.2) is 5.12 Å². The van der Waals surface area contributed by atoms with Crippen molar-refractivity contribution in [3.05, 3.63) is 0 Å². The number of hydrogen-bond donors (Lipinski definition) is 0. The maximum absolute atomic E-state index is 12.2. The first kappa shape index (κ1) is 37.4. The van der Waals surface area contributed by atoms with Crippen LogP contribution in [-0.2, 0) is 66.6 Å². The van der Waals surface area contributed by atoms with Crippen LogP contribution in [0, 0.1) is 0 Å². The number of carbonyl (C=O) groups excluding carboxylic acids is 1. The van der Waals surface area contributed by atoms with E-state index in [9.17, 15) is 69.6 Å². The molecule has 0 aromatic heterocycles. The molecule has 0 amide bonds. The Morgan fingerprint density at radius 3 is 1.14 bits per heavy atom. The summed E-state index contributed by atoms with van der Waals surface area (Å²) in [5.74, 6) is 0. The van der Waals surface area contributed by atoms with Crippen molar-refractivity contribution in [1.82, 2.24) is 0 Å². The SMILES string of the molecule is CC(=O)S[C@H]1COC2C1OC[C@@H]2OS(=O)(=O)C(F)(F)F.O=S(=O)(O[C@H]1COC2C1OC[C@H]2OS(=O)(=O)C(F)(F)F)C(F)(F)F. The monoisotopic (exact) mass is 746 g/mol. The molecule has 44 heavy (non-hydrogen) atoms. The molecule has 4 aliphatic rings. The van der Waals surface area contributed by atoms with Gasteiger partial charge in [0.2, 0.25) is 0 Å². The molecule has 8 atom stereocenters. The van der Waals surface area contributed by atoms with E-state index in [0.29, 0.717) is 0 Å². The minimum atomic E-state index is -5.99. The molecule has 0 N–H and O–H groups in total. The lowest BCUT2D eigenvalue weighted by Gasteiger charge is -2.18. The molecular formula is C17H19F9O14S4. The molecule has 0 radical (unpaired) electrons. The molecule has 0 aromatic rings. The Hall–Kier alpha value is -1.04. The van der Waals surface area contributed by atoms with Gasteiger partial charge in [-0.1, -0.05) is 11.8 Å². The maximum Gasteiger partial charge on any atom is 0.523 e. The van der Waals surface area contributed by atoms with Crippen molar-refractivity contribution in [2.24, 2.45) is 0 Å². The topological polar surface area (TPSA) is 184 Å². The molecule has 4 unspecified atom stereocenters. The molecule has 0 aliphatic carbocycles. The fraction of sp³-hybridized carbons (Fsp3) is 0.941. The quantitative estimate of drug-likeness (QED) is 0.203. The standard InChI is InChI=1S/C9H11F3O6S2.C8H8F6O8S2/c1-4(13)19-6-3-17-7-5(2-16-8(6)7)18-20(14,15)9(10,11)12;9-7(10,11)23(15,16)21-3-1-19-6-4(2-20-5(3)6)22-24(17,18)8(12,13)14/h5-8H,2-3H2,1H3;3-6H,1-2H2/t5-,6-,7?,8?;3-,4+,5?,6?/m0./s1. The summed E-state index contributed by atoms with van der Waals surface area (Å²) >= 11 is 0.948. The number of ether oxygens (including phenoxy) is 4. The summed E-state index contributed by atoms with van der Waals surface area (Å²) in [5, 5.41) is -0.560. The molecule has 0 spiro atoms. The average Bonchev–Trinajstić information content (AvgIpc) is 3.58. The van der Waals surface area contributed by atoms with Gasteiger partial charge in [0, 0.05) is 6.92 Å². The lowest BCUT2D eigenvalue weighted by Crippen LogP contribution is -2.39. The molecule has 4 saturated heterocycles. The zero-order valence-electron chi connectivity index (χ0n) is 21.2. The van der Waals surface area contributed by atoms with E-state index >= 15 is 0 Å². The largest absolute Gasteiger partial charge is 0.523 e. The third kappa shape index (κ3) is 8.26. The van der Waals surface area contributed by atoms with Crippen molar-refractivity contribution in [1.29, 1.82) is 0 Å². The minimum absolute atomic E-state index is 0.0888. The van der Waals surface area contributed by atoms with E-state index in [2.05, 4.69) is 12.5 Å². The van der Waals surface area contributed by atoms with Crippen molar-refractivity contribution in [3.8, 4) is 0 Å². The number of rotatable bonds is 7. The molecule has 14 nitrogen and oxygen atoms in total. The Morgan fingerprint density at radius 1 is 0.568 bits per heavy atom. The van der Waals surface area contributed by atoms with Crippen LogP contribution in [0.5, 0.6) is 0 Å². The Kier molecular flexibility index (Phi) is 10.9. The van der Waals surface area contributed by atoms with E-state index in [1.165, 1.54) is 6.92 Å². The van der Waals surface area contributed by atoms with E-state index in [0.717, 1.165) is 11.8 Å². The smallest absolute Gasteiger partial charge is 0.371 e. The van der Waals surface area contributed by atoms with E-state index in [4.69, 9.17) is 18.9 Å². The predicted molar refractivity (Wildman–Crippen MR) is 121 cm³/mol. The normalized spacial score (nSPS) is 33.0. The molecule has 0 bridgehead atoms. The fourth-order valence-corrected chi connectivity index (χ4v) is 6.81. The zero-order chi connectivity index (χ0) is 33.7. The van der Waals surface area contributed by atoms with Crippen LogP contribution >= 0.6 is 11.8 Å². The van der Waals surface area contributed by atoms with Crippen LogP contribution in [0.2, 0.25) is 0 Å². The van der Waals surface area contributed by atoms with Crippen LogP contribution in [0.15, 0.2) is 0 Å². The van der Waals surface area contributed by atoms with Crippen LogP contribution in [0.4, 0.5) is 39.5 Å². The second kappa shape index (κ2) is 12.9. The molecule has 27 heteroatoms. The van der Waals surface area contributed by atoms with Gasteiger partial charge in [-0.05, 0) is 0 Å². The first-order chi connectivity index (χ1) is 19.8. The second-order valence-corrected chi connectivity index (χ2v) is 15.1. The van der Waals surface area contributed by atoms with Crippen LogP contribution in [-0.4, -0.2) is 121 Å². The predicted octanol–water partition coefficient (Wildman–Crippen LogP) is 0.921. The van der Waals surface area contributed by atoms with Crippen molar-refractivity contribution < 1.29 is 101 Å². The summed E-state index contributed by atoms with van der Waals surface area (Å²) in [6.07, 6.45) is -9.66. The Bertz CT molecular complexity index is 1320. The molecule has 4 fully saturated rings. The van der Waals surface area contributed by atoms with Gasteiger partial charge in [-0.2, -0.15) is 64.8 Å². The summed E-state index contributed by atoms with van der Waals surface area (Å²) in [6.45, 7) is -0.465. The van der Waals surface area contributed by atoms with Crippen molar-refractivity contribution >= 4 is 47.2 Å². The highest BCUT2D eigenvalue weighted by Crippen LogP contribution is 2.38. The molecule has 0 saturated carbocycles. The van der Waals surface area contributed by atoms with E-state index in [1.807, 2.05) is 0 Å². The fourth-order valence-electron chi connectivity index (χ4n) is 4.07. The van der Waals surface area contributed by atoms with Gasteiger partial charge in [0.05, 0.1) is 31.7 Å². The van der Waals surface area contributed by atoms with Crippen LogP contribution in [0.1, 0.15) is 6.92 Å². The number of alkyl halides is 9. The van der Waals surface area contributed by atoms with Crippen molar-refractivity contribution in [3.63, 3.8) is 0 Å². The van der Waals surface area contributed by atoms with Gasteiger partial charge in [-0.15, -0.1) is 0 Å². The van der Waals surface area contributed by atoms with Crippen LogP contribution in [0.25, 0.3) is 0 Å². The highest BCUT2D eigenvalue weighted by molar-refractivity contribution is 8.14. The highest BCUT2D eigenvalue weighted by atomic mass is 32.2. The summed E-state index contributed by atoms with van der Waals surface area (Å²) in [7, 11) is -17.7. The molecule has 4 heterocycles. The maximum atomic E-state index is 12.2. The van der Waals surface area contributed by atoms with Gasteiger partial charge < -0.3 is 18.9 Å². The van der Waals surface area contributed by atoms with Crippen LogP contribution in [0.3, 0.4) is 0 Å². The Balaban J connectivity index is 0.000000244. The van der Waals surface area contributed by atoms with E-state index < -0.39 is 103 Å². The number of halogens is 9. The molecular weight excluding hydrogens is 727 g/mol. The molecule has 4 aliphatic heterocycles. The lowest BCUT2D eigenvalue weighted by atomic mass is 10.1. The molecule has 0 aromatic carbocycles. The van der Waals surface area contributed by atoms with Gasteiger partial charge in [-0.25, -0.2) is 0 Å². The third-order valence-corrected chi connectivity index (χ3v) is 10.1. The summed E-state index contributed by atoms with van der Waals surface area (Å²) in [4.78, 5) is 11.0. The van der Waals surface area contributed by atoms with Crippen LogP contribution < -0.4 is 0 Å². The molecule has 258 valence electrons. The summed E-state index contributed by atoms with van der Waals surface area (Å²) in [6, 6.07) is 0. The number of fused-ring (bicyclic) bond motifs is 2. The number of hydrogen-bond acceptors (Lipinski definition) is 15. The number of thioether (sulfide) groups is 1. The van der Waals surface area contributed by atoms with Gasteiger partial charge in [0.1, 0.15) is 42.7 Å². The number of carbonyl (C=O) groups is 1. The van der Waals surface area contributed by atoms with Gasteiger partial charge >= 0.3 is 46.9 Å². The minimum Gasteiger partial charge on any atom is -0.371 e. The summed E-state index contributed by atoms with van der Waals surface area (Å²) in [5.41, 5.74) is -16.9. The Labute approximate surface area is 246 Å². The zero-order valence-corrected chi connectivity index (χ0v) is 24.5. The summed E-state index contributed by atoms with van der Waals surface area (Å²) < 4.78 is 208. The van der Waals surface area contributed by atoms with E-state index in [1.54, 1.807) is 0 Å². The highest BCUT2D eigenvalue weighted by Gasteiger charge is 2.58. The first-order valence-corrected chi connectivity index (χ1v) is 16.5. The van der Waals surface area contributed by atoms with E-state index in [-0.39, 0.29) is 23.6 Å². The van der Waals surface area contributed by atoms with Crippen molar-refractivity contribution in [2.75, 3.05) is 26.4 Å². The third-order valence-electron chi connectivity index (χ3n) is 5.84. The first-order valence-electron chi connectivity index (χ1n) is 11.4. The van der Waals surface area contributed by atoms with Gasteiger partial charge in [-0.3, -0.25) is 17.3 Å².